The van der Waals surface area contributed by atoms with Crippen LogP contribution in [0.4, 0.5) is 0 Å². The fourth-order valence-electron chi connectivity index (χ4n) is 2.15. The number of carbonyl (C=O) groups is 2. The van der Waals surface area contributed by atoms with E-state index in [1.165, 1.54) is 19.2 Å². The van der Waals surface area contributed by atoms with Crippen molar-refractivity contribution >= 4 is 23.5 Å². The van der Waals surface area contributed by atoms with Gasteiger partial charge in [0.2, 0.25) is 0 Å². The number of ether oxygens (including phenoxy) is 3. The van der Waals surface area contributed by atoms with Gasteiger partial charge in [0, 0.05) is 5.02 Å². The van der Waals surface area contributed by atoms with Crippen molar-refractivity contribution in [3.63, 3.8) is 0 Å². The van der Waals surface area contributed by atoms with Gasteiger partial charge in [0.1, 0.15) is 5.75 Å². The first-order chi connectivity index (χ1) is 12.0. The van der Waals surface area contributed by atoms with Crippen LogP contribution in [0.1, 0.15) is 22.0 Å². The van der Waals surface area contributed by atoms with Crippen molar-refractivity contribution in [2.24, 2.45) is 0 Å². The molecule has 2 rings (SSSR count). The Kier molecular flexibility index (Phi) is 6.38. The van der Waals surface area contributed by atoms with Gasteiger partial charge in [0.05, 0.1) is 19.8 Å². The Hall–Kier alpha value is -2.57. The molecule has 0 fully saturated rings. The topological polar surface area (TPSA) is 82.1 Å². The van der Waals surface area contributed by atoms with Gasteiger partial charge in [-0.05, 0) is 35.9 Å². The summed E-state index contributed by atoms with van der Waals surface area (Å²) in [5, 5.41) is 10.6. The second kappa shape index (κ2) is 8.50. The molecule has 0 radical (unpaired) electrons. The van der Waals surface area contributed by atoms with Crippen molar-refractivity contribution in [2.75, 3.05) is 14.2 Å². The van der Waals surface area contributed by atoms with E-state index in [4.69, 9.17) is 21.1 Å². The SMILES string of the molecule is COC(=O)[C@@H](O)[C@@H](OC(=O)c1cccc(Cl)c1)c1ccc(OC)cc1. The Morgan fingerprint density at radius 1 is 1.08 bits per heavy atom. The Morgan fingerprint density at radius 3 is 2.32 bits per heavy atom. The van der Waals surface area contributed by atoms with Crippen LogP contribution in [0.5, 0.6) is 5.75 Å². The summed E-state index contributed by atoms with van der Waals surface area (Å²) in [4.78, 5) is 24.1. The monoisotopic (exact) mass is 364 g/mol. The van der Waals surface area contributed by atoms with Crippen molar-refractivity contribution in [2.45, 2.75) is 12.2 Å². The maximum absolute atomic E-state index is 12.4. The first-order valence-corrected chi connectivity index (χ1v) is 7.70. The average molecular weight is 365 g/mol. The molecule has 0 saturated heterocycles. The summed E-state index contributed by atoms with van der Waals surface area (Å²) >= 11 is 5.87. The number of benzene rings is 2. The summed E-state index contributed by atoms with van der Waals surface area (Å²) in [6.45, 7) is 0. The highest BCUT2D eigenvalue weighted by Crippen LogP contribution is 2.26. The smallest absolute Gasteiger partial charge is 0.339 e. The molecule has 0 aliphatic carbocycles. The molecule has 0 bridgehead atoms. The van der Waals surface area contributed by atoms with Gasteiger partial charge in [-0.2, -0.15) is 0 Å². The van der Waals surface area contributed by atoms with Crippen molar-refractivity contribution in [1.29, 1.82) is 0 Å². The third-order valence-electron chi connectivity index (χ3n) is 3.47. The number of hydrogen-bond acceptors (Lipinski definition) is 6. The van der Waals surface area contributed by atoms with Crippen LogP contribution in [-0.4, -0.2) is 37.4 Å². The fraction of sp³-hybridized carbons (Fsp3) is 0.222. The molecular formula is C18H17ClO6. The minimum atomic E-state index is -1.68. The number of esters is 2. The molecule has 2 atom stereocenters. The molecular weight excluding hydrogens is 348 g/mol. The van der Waals surface area contributed by atoms with Crippen LogP contribution in [0, 0.1) is 0 Å². The largest absolute Gasteiger partial charge is 0.497 e. The Labute approximate surface area is 149 Å². The van der Waals surface area contributed by atoms with Crippen LogP contribution >= 0.6 is 11.6 Å². The summed E-state index contributed by atoms with van der Waals surface area (Å²) in [7, 11) is 2.64. The quantitative estimate of drug-likeness (QED) is 0.794. The van der Waals surface area contributed by atoms with Crippen molar-refractivity contribution in [1.82, 2.24) is 0 Å². The number of rotatable bonds is 6. The zero-order chi connectivity index (χ0) is 18.4. The third-order valence-corrected chi connectivity index (χ3v) is 3.70. The summed E-state index contributed by atoms with van der Waals surface area (Å²) < 4.78 is 15.0. The van der Waals surface area contributed by atoms with E-state index >= 15 is 0 Å². The maximum Gasteiger partial charge on any atom is 0.339 e. The molecule has 2 aromatic rings. The van der Waals surface area contributed by atoms with E-state index in [0.29, 0.717) is 16.3 Å². The lowest BCUT2D eigenvalue weighted by molar-refractivity contribution is -0.157. The maximum atomic E-state index is 12.4. The summed E-state index contributed by atoms with van der Waals surface area (Å²) in [5.41, 5.74) is 0.608. The number of aliphatic hydroxyl groups excluding tert-OH is 1. The van der Waals surface area contributed by atoms with Crippen LogP contribution in [0.15, 0.2) is 48.5 Å². The van der Waals surface area contributed by atoms with Gasteiger partial charge in [-0.1, -0.05) is 29.8 Å². The number of halogens is 1. The lowest BCUT2D eigenvalue weighted by Crippen LogP contribution is -2.32. The van der Waals surface area contributed by atoms with Crippen molar-refractivity contribution in [3.8, 4) is 5.75 Å². The third kappa shape index (κ3) is 4.71. The molecule has 0 aromatic heterocycles. The predicted molar refractivity (Wildman–Crippen MR) is 90.6 cm³/mol. The zero-order valence-corrected chi connectivity index (χ0v) is 14.4. The Morgan fingerprint density at radius 2 is 1.76 bits per heavy atom. The molecule has 7 heteroatoms. The van der Waals surface area contributed by atoms with Crippen LogP contribution < -0.4 is 4.74 Å². The lowest BCUT2D eigenvalue weighted by Gasteiger charge is -2.22. The van der Waals surface area contributed by atoms with Crippen LogP contribution in [0.2, 0.25) is 5.02 Å². The van der Waals surface area contributed by atoms with Crippen molar-refractivity contribution in [3.05, 3.63) is 64.7 Å². The highest BCUT2D eigenvalue weighted by molar-refractivity contribution is 6.30. The van der Waals surface area contributed by atoms with Crippen LogP contribution in [0.3, 0.4) is 0 Å². The normalized spacial score (nSPS) is 12.8. The van der Waals surface area contributed by atoms with Crippen LogP contribution in [0.25, 0.3) is 0 Å². The van der Waals surface area contributed by atoms with E-state index in [1.807, 2.05) is 0 Å². The van der Waals surface area contributed by atoms with E-state index in [9.17, 15) is 14.7 Å². The van der Waals surface area contributed by atoms with Gasteiger partial charge in [0.25, 0.3) is 0 Å². The molecule has 25 heavy (non-hydrogen) atoms. The van der Waals surface area contributed by atoms with Gasteiger partial charge in [-0.25, -0.2) is 9.59 Å². The van der Waals surface area contributed by atoms with E-state index in [1.54, 1.807) is 36.4 Å². The highest BCUT2D eigenvalue weighted by atomic mass is 35.5. The molecule has 0 saturated carbocycles. The molecule has 0 spiro atoms. The van der Waals surface area contributed by atoms with E-state index in [0.717, 1.165) is 7.11 Å². The van der Waals surface area contributed by atoms with Gasteiger partial charge in [-0.15, -0.1) is 0 Å². The zero-order valence-electron chi connectivity index (χ0n) is 13.6. The fourth-order valence-corrected chi connectivity index (χ4v) is 2.34. The second-order valence-corrected chi connectivity index (χ2v) is 5.51. The Bertz CT molecular complexity index is 743. The molecule has 2 aromatic carbocycles. The number of methoxy groups -OCH3 is 2. The molecule has 0 aliphatic heterocycles. The van der Waals surface area contributed by atoms with Gasteiger partial charge in [-0.3, -0.25) is 0 Å². The molecule has 1 N–H and O–H groups in total. The summed E-state index contributed by atoms with van der Waals surface area (Å²) in [6.07, 6.45) is -2.92. The van der Waals surface area contributed by atoms with E-state index < -0.39 is 24.1 Å². The van der Waals surface area contributed by atoms with E-state index in [-0.39, 0.29) is 5.56 Å². The van der Waals surface area contributed by atoms with Crippen molar-refractivity contribution < 1.29 is 28.9 Å². The average Bonchev–Trinajstić information content (AvgIpc) is 2.64. The second-order valence-electron chi connectivity index (χ2n) is 5.08. The first kappa shape index (κ1) is 18.8. The minimum absolute atomic E-state index is 0.197. The first-order valence-electron chi connectivity index (χ1n) is 7.32. The Balaban J connectivity index is 2.30. The van der Waals surface area contributed by atoms with Gasteiger partial charge in [0.15, 0.2) is 12.2 Å². The molecule has 0 aliphatic rings. The number of carbonyl (C=O) groups excluding carboxylic acids is 2. The lowest BCUT2D eigenvalue weighted by atomic mass is 10.0. The summed E-state index contributed by atoms with van der Waals surface area (Å²) in [6, 6.07) is 12.6. The molecule has 6 nitrogen and oxygen atoms in total. The highest BCUT2D eigenvalue weighted by Gasteiger charge is 2.32. The number of hydrogen-bond donors (Lipinski definition) is 1. The molecule has 132 valence electrons. The van der Waals surface area contributed by atoms with E-state index in [2.05, 4.69) is 4.74 Å². The predicted octanol–water partition coefficient (Wildman–Crippen LogP) is 2.78. The van der Waals surface area contributed by atoms with Gasteiger partial charge < -0.3 is 19.3 Å². The van der Waals surface area contributed by atoms with Crippen LogP contribution in [-0.2, 0) is 14.3 Å². The molecule has 0 heterocycles. The minimum Gasteiger partial charge on any atom is -0.497 e. The standard InChI is InChI=1S/C18H17ClO6/c1-23-14-8-6-11(7-9-14)16(15(20)18(22)24-2)25-17(21)12-4-3-5-13(19)10-12/h3-10,15-16,20H,1-2H3/t15-,16-/m0/s1. The number of aliphatic hydroxyl groups is 1. The molecule has 0 amide bonds. The van der Waals surface area contributed by atoms with Gasteiger partial charge >= 0.3 is 11.9 Å². The summed E-state index contributed by atoms with van der Waals surface area (Å²) in [5.74, 6) is -1.07. The molecule has 0 unspecified atom stereocenters.